The van der Waals surface area contributed by atoms with Crippen LogP contribution in [0.5, 0.6) is 0 Å². The lowest BCUT2D eigenvalue weighted by Crippen LogP contribution is -2.55. The third kappa shape index (κ3) is 3.42. The first-order valence-electron chi connectivity index (χ1n) is 10.4. The minimum atomic E-state index is -1.01. The molecule has 29 heavy (non-hydrogen) atoms. The topological polar surface area (TPSA) is 66.8 Å². The number of carbonyl (C=O) groups is 2. The lowest BCUT2D eigenvalue weighted by molar-refractivity contribution is -0.144. The van der Waals surface area contributed by atoms with E-state index < -0.39 is 17.7 Å². The first-order valence-corrected chi connectivity index (χ1v) is 10.4. The van der Waals surface area contributed by atoms with Gasteiger partial charge in [-0.1, -0.05) is 57.2 Å². The third-order valence-corrected chi connectivity index (χ3v) is 6.78. The first-order chi connectivity index (χ1) is 13.7. The Balaban J connectivity index is 1.72. The van der Waals surface area contributed by atoms with Crippen LogP contribution in [0.3, 0.4) is 0 Å². The number of carboxylic acids is 1. The SMILES string of the molecule is CC(C)(C)C1CCC2(CC1)OCC(C(=O)O)N2C(=O)c1cccc2ccccc12. The van der Waals surface area contributed by atoms with Gasteiger partial charge in [0.1, 0.15) is 5.72 Å². The first kappa shape index (κ1) is 19.9. The van der Waals surface area contributed by atoms with Crippen LogP contribution in [0, 0.1) is 11.3 Å². The minimum Gasteiger partial charge on any atom is -0.480 e. The lowest BCUT2D eigenvalue weighted by atomic mass is 9.70. The number of carboxylic acid groups (broad SMARTS) is 1. The molecule has 0 aromatic heterocycles. The quantitative estimate of drug-likeness (QED) is 0.800. The minimum absolute atomic E-state index is 0.0476. The van der Waals surface area contributed by atoms with Crippen molar-refractivity contribution in [3.63, 3.8) is 0 Å². The summed E-state index contributed by atoms with van der Waals surface area (Å²) in [6, 6.07) is 12.4. The van der Waals surface area contributed by atoms with Crippen molar-refractivity contribution in [2.45, 2.75) is 58.2 Å². The van der Waals surface area contributed by atoms with Crippen molar-refractivity contribution in [1.29, 1.82) is 0 Å². The zero-order valence-electron chi connectivity index (χ0n) is 17.4. The van der Waals surface area contributed by atoms with Gasteiger partial charge in [0, 0.05) is 5.56 Å². The maximum Gasteiger partial charge on any atom is 0.328 e. The van der Waals surface area contributed by atoms with Gasteiger partial charge in [-0.2, -0.15) is 0 Å². The van der Waals surface area contributed by atoms with Crippen LogP contribution in [0.25, 0.3) is 10.8 Å². The second kappa shape index (κ2) is 7.13. The van der Waals surface area contributed by atoms with E-state index in [9.17, 15) is 14.7 Å². The van der Waals surface area contributed by atoms with E-state index in [2.05, 4.69) is 20.8 Å². The molecule has 1 aliphatic heterocycles. The molecule has 154 valence electrons. The maximum atomic E-state index is 13.7. The second-order valence-corrected chi connectivity index (χ2v) is 9.45. The maximum absolute atomic E-state index is 13.7. The number of fused-ring (bicyclic) bond motifs is 1. The molecule has 5 nitrogen and oxygen atoms in total. The number of nitrogens with zero attached hydrogens (tertiary/aromatic N) is 1. The molecule has 1 N–H and O–H groups in total. The molecule has 1 spiro atoms. The highest BCUT2D eigenvalue weighted by molar-refractivity contribution is 6.08. The molecule has 1 saturated carbocycles. The van der Waals surface area contributed by atoms with Gasteiger partial charge in [0.05, 0.1) is 6.61 Å². The molecule has 1 aliphatic carbocycles. The summed E-state index contributed by atoms with van der Waals surface area (Å²) >= 11 is 0. The molecule has 2 aromatic carbocycles. The van der Waals surface area contributed by atoms with E-state index in [4.69, 9.17) is 4.74 Å². The number of carbonyl (C=O) groups excluding carboxylic acids is 1. The fourth-order valence-electron chi connectivity index (χ4n) is 5.03. The van der Waals surface area contributed by atoms with Crippen molar-refractivity contribution in [3.8, 4) is 0 Å². The molecule has 1 unspecified atom stereocenters. The van der Waals surface area contributed by atoms with Gasteiger partial charge in [-0.25, -0.2) is 4.79 Å². The molecular weight excluding hydrogens is 366 g/mol. The van der Waals surface area contributed by atoms with Crippen molar-refractivity contribution in [2.24, 2.45) is 11.3 Å². The summed E-state index contributed by atoms with van der Waals surface area (Å²) < 4.78 is 6.11. The number of hydrogen-bond donors (Lipinski definition) is 1. The van der Waals surface area contributed by atoms with Crippen molar-refractivity contribution in [1.82, 2.24) is 4.90 Å². The fraction of sp³-hybridized carbons (Fsp3) is 0.500. The van der Waals surface area contributed by atoms with Crippen LogP contribution in [0.15, 0.2) is 42.5 Å². The smallest absolute Gasteiger partial charge is 0.328 e. The number of ether oxygens (including phenoxy) is 1. The molecule has 0 radical (unpaired) electrons. The monoisotopic (exact) mass is 395 g/mol. The summed E-state index contributed by atoms with van der Waals surface area (Å²) in [6.45, 7) is 6.77. The van der Waals surface area contributed by atoms with Gasteiger partial charge in [0.2, 0.25) is 0 Å². The predicted octanol–water partition coefficient (Wildman–Crippen LogP) is 4.70. The highest BCUT2D eigenvalue weighted by atomic mass is 16.5. The van der Waals surface area contributed by atoms with Crippen LogP contribution in [-0.2, 0) is 9.53 Å². The van der Waals surface area contributed by atoms with Crippen LogP contribution in [0.4, 0.5) is 0 Å². The van der Waals surface area contributed by atoms with Crippen LogP contribution >= 0.6 is 0 Å². The molecule has 0 bridgehead atoms. The van der Waals surface area contributed by atoms with Gasteiger partial charge in [-0.05, 0) is 53.9 Å². The van der Waals surface area contributed by atoms with E-state index in [-0.39, 0.29) is 17.9 Å². The molecular formula is C24H29NO4. The van der Waals surface area contributed by atoms with Gasteiger partial charge in [0.25, 0.3) is 5.91 Å². The average Bonchev–Trinajstić information content (AvgIpc) is 3.05. The summed E-state index contributed by atoms with van der Waals surface area (Å²) in [4.78, 5) is 27.2. The Morgan fingerprint density at radius 2 is 1.72 bits per heavy atom. The second-order valence-electron chi connectivity index (χ2n) is 9.45. The Kier molecular flexibility index (Phi) is 4.89. The van der Waals surface area contributed by atoms with Crippen molar-refractivity contribution < 1.29 is 19.4 Å². The number of hydrogen-bond acceptors (Lipinski definition) is 3. The van der Waals surface area contributed by atoms with Crippen LogP contribution in [0.1, 0.15) is 56.8 Å². The van der Waals surface area contributed by atoms with Crippen molar-refractivity contribution in [3.05, 3.63) is 48.0 Å². The molecule has 1 heterocycles. The average molecular weight is 395 g/mol. The number of benzene rings is 2. The fourth-order valence-corrected chi connectivity index (χ4v) is 5.03. The number of amides is 1. The molecule has 4 rings (SSSR count). The Labute approximate surface area is 171 Å². The number of rotatable bonds is 2. The standard InChI is InChI=1S/C24H29NO4/c1-23(2,3)17-11-13-24(14-12-17)25(20(15-29-24)22(27)28)21(26)19-10-6-8-16-7-4-5-9-18(16)19/h4-10,17,20H,11-15H2,1-3H3,(H,27,28). The molecule has 5 heteroatoms. The lowest BCUT2D eigenvalue weighted by Gasteiger charge is -2.46. The van der Waals surface area contributed by atoms with Crippen LogP contribution in [-0.4, -0.2) is 40.3 Å². The van der Waals surface area contributed by atoms with E-state index >= 15 is 0 Å². The zero-order valence-corrected chi connectivity index (χ0v) is 17.4. The third-order valence-electron chi connectivity index (χ3n) is 6.78. The van der Waals surface area contributed by atoms with Gasteiger partial charge in [-0.3, -0.25) is 9.69 Å². The highest BCUT2D eigenvalue weighted by Gasteiger charge is 2.54. The van der Waals surface area contributed by atoms with E-state index in [1.807, 2.05) is 36.4 Å². The Bertz CT molecular complexity index is 932. The largest absolute Gasteiger partial charge is 0.480 e. The molecule has 1 saturated heterocycles. The Hall–Kier alpha value is -2.40. The van der Waals surface area contributed by atoms with E-state index in [0.29, 0.717) is 24.3 Å². The van der Waals surface area contributed by atoms with E-state index in [0.717, 1.165) is 23.6 Å². The molecule has 1 atom stereocenters. The molecule has 2 aliphatic rings. The summed E-state index contributed by atoms with van der Waals surface area (Å²) in [5, 5.41) is 11.6. The summed E-state index contributed by atoms with van der Waals surface area (Å²) in [5.74, 6) is -0.718. The van der Waals surface area contributed by atoms with Gasteiger partial charge in [0.15, 0.2) is 6.04 Å². The van der Waals surface area contributed by atoms with Gasteiger partial charge >= 0.3 is 5.97 Å². The predicted molar refractivity (Wildman–Crippen MR) is 112 cm³/mol. The highest BCUT2D eigenvalue weighted by Crippen LogP contribution is 2.47. The Morgan fingerprint density at radius 1 is 1.07 bits per heavy atom. The van der Waals surface area contributed by atoms with Crippen LogP contribution < -0.4 is 0 Å². The normalized spacial score (nSPS) is 27.5. The van der Waals surface area contributed by atoms with Gasteiger partial charge in [-0.15, -0.1) is 0 Å². The number of aliphatic carboxylic acids is 1. The van der Waals surface area contributed by atoms with Crippen LogP contribution in [0.2, 0.25) is 0 Å². The van der Waals surface area contributed by atoms with E-state index in [1.165, 1.54) is 4.90 Å². The molecule has 2 aromatic rings. The summed E-state index contributed by atoms with van der Waals surface area (Å²) in [7, 11) is 0. The summed E-state index contributed by atoms with van der Waals surface area (Å²) in [6.07, 6.45) is 3.20. The summed E-state index contributed by atoms with van der Waals surface area (Å²) in [5.41, 5.74) is -0.0902. The van der Waals surface area contributed by atoms with Gasteiger partial charge < -0.3 is 9.84 Å². The molecule has 2 fully saturated rings. The van der Waals surface area contributed by atoms with Crippen molar-refractivity contribution in [2.75, 3.05) is 6.61 Å². The zero-order chi connectivity index (χ0) is 20.8. The Morgan fingerprint density at radius 3 is 2.38 bits per heavy atom. The van der Waals surface area contributed by atoms with Crippen molar-refractivity contribution >= 4 is 22.6 Å². The molecule has 1 amide bonds. The van der Waals surface area contributed by atoms with E-state index in [1.54, 1.807) is 6.07 Å².